The van der Waals surface area contributed by atoms with Crippen molar-refractivity contribution in [2.24, 2.45) is 5.73 Å². The van der Waals surface area contributed by atoms with Crippen molar-refractivity contribution < 1.29 is 23.9 Å². The predicted octanol–water partition coefficient (Wildman–Crippen LogP) is 0.930. The van der Waals surface area contributed by atoms with Gasteiger partial charge in [0, 0.05) is 10.6 Å². The van der Waals surface area contributed by atoms with Crippen LogP contribution < -0.4 is 16.4 Å². The number of thioether (sulfide) groups is 1. The Morgan fingerprint density at radius 2 is 1.88 bits per heavy atom. The molecule has 1 aromatic rings. The Kier molecular flexibility index (Phi) is 8.79. The third-order valence-electron chi connectivity index (χ3n) is 2.92. The van der Waals surface area contributed by atoms with E-state index in [2.05, 4.69) is 5.32 Å². The minimum absolute atomic E-state index is 0.316. The van der Waals surface area contributed by atoms with E-state index in [9.17, 15) is 19.2 Å². The van der Waals surface area contributed by atoms with Gasteiger partial charge in [0.15, 0.2) is 6.61 Å². The Bertz CT molecular complexity index is 639. The Morgan fingerprint density at radius 1 is 1.24 bits per heavy atom. The van der Waals surface area contributed by atoms with Crippen LogP contribution in [0.25, 0.3) is 0 Å². The van der Waals surface area contributed by atoms with Crippen molar-refractivity contribution in [2.75, 3.05) is 18.6 Å². The van der Waals surface area contributed by atoms with Crippen LogP contribution in [0.3, 0.4) is 0 Å². The molecule has 4 N–H and O–H groups in total. The van der Waals surface area contributed by atoms with Crippen LogP contribution >= 0.6 is 23.4 Å². The second-order valence-electron chi connectivity index (χ2n) is 4.83. The van der Waals surface area contributed by atoms with E-state index in [0.29, 0.717) is 22.8 Å². The van der Waals surface area contributed by atoms with Gasteiger partial charge in [0.1, 0.15) is 6.04 Å². The highest BCUT2D eigenvalue weighted by atomic mass is 35.5. The molecule has 0 aliphatic carbocycles. The lowest BCUT2D eigenvalue weighted by atomic mass is 10.1. The number of carbonyl (C=O) groups excluding carboxylic acids is 4. The van der Waals surface area contributed by atoms with Gasteiger partial charge < -0.3 is 15.8 Å². The molecule has 1 atom stereocenters. The summed E-state index contributed by atoms with van der Waals surface area (Å²) in [7, 11) is 0. The number of urea groups is 1. The summed E-state index contributed by atoms with van der Waals surface area (Å²) in [5.74, 6) is -1.51. The lowest BCUT2D eigenvalue weighted by molar-refractivity contribution is -0.150. The maximum Gasteiger partial charge on any atom is 0.329 e. The lowest BCUT2D eigenvalue weighted by Crippen LogP contribution is -2.44. The molecule has 1 rings (SSSR count). The van der Waals surface area contributed by atoms with Crippen molar-refractivity contribution in [2.45, 2.75) is 12.5 Å². The number of rotatable bonds is 8. The van der Waals surface area contributed by atoms with Crippen LogP contribution in [0.15, 0.2) is 24.3 Å². The first-order valence-corrected chi connectivity index (χ1v) is 8.92. The van der Waals surface area contributed by atoms with Gasteiger partial charge in [-0.15, -0.1) is 0 Å². The molecule has 0 radical (unpaired) electrons. The summed E-state index contributed by atoms with van der Waals surface area (Å²) in [6.07, 6.45) is 2.17. The number of amides is 4. The highest BCUT2D eigenvalue weighted by molar-refractivity contribution is 7.98. The van der Waals surface area contributed by atoms with Crippen molar-refractivity contribution in [3.05, 3.63) is 34.9 Å². The van der Waals surface area contributed by atoms with Crippen molar-refractivity contribution in [3.8, 4) is 0 Å². The molecule has 0 aromatic heterocycles. The fourth-order valence-corrected chi connectivity index (χ4v) is 2.34. The molecule has 0 fully saturated rings. The number of carbonyl (C=O) groups is 4. The van der Waals surface area contributed by atoms with Gasteiger partial charge in [-0.1, -0.05) is 11.6 Å². The summed E-state index contributed by atoms with van der Waals surface area (Å²) in [4.78, 5) is 46.1. The first-order chi connectivity index (χ1) is 11.8. The van der Waals surface area contributed by atoms with Crippen LogP contribution in [-0.2, 0) is 14.3 Å². The number of benzene rings is 1. The standard InChI is InChI=1S/C15H18ClN3O5S/c1-25-7-6-11(14(22)24-8-12(20)19-15(17)23)18-13(21)9-2-4-10(16)5-3-9/h2-5,11H,6-8H2,1H3,(H,18,21)(H3,17,19,20,23)/t11-/m0/s1. The molecule has 25 heavy (non-hydrogen) atoms. The Labute approximate surface area is 153 Å². The average Bonchev–Trinajstić information content (AvgIpc) is 2.56. The highest BCUT2D eigenvalue weighted by Crippen LogP contribution is 2.10. The molecule has 0 heterocycles. The van der Waals surface area contributed by atoms with Gasteiger partial charge in [-0.2, -0.15) is 11.8 Å². The molecule has 0 saturated heterocycles. The third kappa shape index (κ3) is 7.90. The van der Waals surface area contributed by atoms with Gasteiger partial charge in [0.05, 0.1) is 0 Å². The van der Waals surface area contributed by atoms with E-state index < -0.39 is 36.5 Å². The smallest absolute Gasteiger partial charge is 0.329 e. The summed E-state index contributed by atoms with van der Waals surface area (Å²) in [5, 5.41) is 4.81. The highest BCUT2D eigenvalue weighted by Gasteiger charge is 2.23. The number of hydrogen-bond donors (Lipinski definition) is 3. The van der Waals surface area contributed by atoms with Gasteiger partial charge in [-0.05, 0) is 42.7 Å². The van der Waals surface area contributed by atoms with Gasteiger partial charge in [-0.3, -0.25) is 14.9 Å². The zero-order valence-corrected chi connectivity index (χ0v) is 15.0. The molecule has 8 nitrogen and oxygen atoms in total. The Balaban J connectivity index is 2.67. The second kappa shape index (κ2) is 10.6. The zero-order chi connectivity index (χ0) is 18.8. The third-order valence-corrected chi connectivity index (χ3v) is 3.81. The molecular weight excluding hydrogens is 370 g/mol. The summed E-state index contributed by atoms with van der Waals surface area (Å²) in [6.45, 7) is -0.672. The Morgan fingerprint density at radius 3 is 2.44 bits per heavy atom. The summed E-state index contributed by atoms with van der Waals surface area (Å²) >= 11 is 7.26. The first-order valence-electron chi connectivity index (χ1n) is 7.14. The summed E-state index contributed by atoms with van der Waals surface area (Å²) < 4.78 is 4.82. The molecule has 0 unspecified atom stereocenters. The van der Waals surface area contributed by atoms with Crippen LogP contribution in [-0.4, -0.2) is 48.5 Å². The molecule has 0 bridgehead atoms. The maximum absolute atomic E-state index is 12.2. The van der Waals surface area contributed by atoms with E-state index >= 15 is 0 Å². The van der Waals surface area contributed by atoms with Crippen LogP contribution in [0.2, 0.25) is 5.02 Å². The molecular formula is C15H18ClN3O5S. The van der Waals surface area contributed by atoms with E-state index in [-0.39, 0.29) is 0 Å². The zero-order valence-electron chi connectivity index (χ0n) is 13.4. The van der Waals surface area contributed by atoms with E-state index in [1.807, 2.05) is 6.26 Å². The van der Waals surface area contributed by atoms with Crippen molar-refractivity contribution in [3.63, 3.8) is 0 Å². The summed E-state index contributed by atoms with van der Waals surface area (Å²) in [6, 6.07) is 4.18. The predicted molar refractivity (Wildman–Crippen MR) is 94.4 cm³/mol. The van der Waals surface area contributed by atoms with Crippen LogP contribution in [0.5, 0.6) is 0 Å². The number of nitrogens with two attached hydrogens (primary N) is 1. The number of halogens is 1. The second-order valence-corrected chi connectivity index (χ2v) is 6.26. The lowest BCUT2D eigenvalue weighted by Gasteiger charge is -2.17. The fourth-order valence-electron chi connectivity index (χ4n) is 1.74. The molecule has 4 amide bonds. The van der Waals surface area contributed by atoms with Crippen molar-refractivity contribution >= 4 is 47.2 Å². The van der Waals surface area contributed by atoms with Crippen molar-refractivity contribution in [1.82, 2.24) is 10.6 Å². The fraction of sp³-hybridized carbons (Fsp3) is 0.333. The average molecular weight is 388 g/mol. The molecule has 136 valence electrons. The van der Waals surface area contributed by atoms with Crippen LogP contribution in [0.1, 0.15) is 16.8 Å². The SMILES string of the molecule is CSCC[C@H](NC(=O)c1ccc(Cl)cc1)C(=O)OCC(=O)NC(N)=O. The number of primary amides is 1. The number of ether oxygens (including phenoxy) is 1. The Hall–Kier alpha value is -2.26. The van der Waals surface area contributed by atoms with Crippen LogP contribution in [0, 0.1) is 0 Å². The number of imide groups is 1. The normalized spacial score (nSPS) is 11.3. The largest absolute Gasteiger partial charge is 0.454 e. The molecule has 0 aliphatic rings. The van der Waals surface area contributed by atoms with Gasteiger partial charge in [-0.25, -0.2) is 9.59 Å². The monoisotopic (exact) mass is 387 g/mol. The van der Waals surface area contributed by atoms with Gasteiger partial charge >= 0.3 is 12.0 Å². The van der Waals surface area contributed by atoms with Gasteiger partial charge in [0.2, 0.25) is 0 Å². The molecule has 0 saturated carbocycles. The molecule has 1 aromatic carbocycles. The minimum atomic E-state index is -1.05. The number of esters is 1. The summed E-state index contributed by atoms with van der Waals surface area (Å²) in [5.41, 5.74) is 5.12. The maximum atomic E-state index is 12.2. The van der Waals surface area contributed by atoms with E-state index in [0.717, 1.165) is 0 Å². The molecule has 0 spiro atoms. The van der Waals surface area contributed by atoms with E-state index in [4.69, 9.17) is 22.1 Å². The van der Waals surface area contributed by atoms with Crippen LogP contribution in [0.4, 0.5) is 4.79 Å². The van der Waals surface area contributed by atoms with E-state index in [1.54, 1.807) is 17.4 Å². The quantitative estimate of drug-likeness (QED) is 0.569. The van der Waals surface area contributed by atoms with Gasteiger partial charge in [0.25, 0.3) is 11.8 Å². The minimum Gasteiger partial charge on any atom is -0.454 e. The van der Waals surface area contributed by atoms with E-state index in [1.165, 1.54) is 23.9 Å². The number of hydrogen-bond acceptors (Lipinski definition) is 6. The molecule has 10 heteroatoms. The molecule has 0 aliphatic heterocycles. The van der Waals surface area contributed by atoms with Crippen molar-refractivity contribution in [1.29, 1.82) is 0 Å². The first kappa shape index (κ1) is 20.8. The number of nitrogens with one attached hydrogen (secondary N) is 2. The topological polar surface area (TPSA) is 128 Å².